The van der Waals surface area contributed by atoms with Crippen LogP contribution in [0.2, 0.25) is 0 Å². The highest BCUT2D eigenvalue weighted by Crippen LogP contribution is 2.17. The molecule has 0 bridgehead atoms. The number of amides is 1. The zero-order valence-electron chi connectivity index (χ0n) is 12.1. The molecule has 0 unspecified atom stereocenters. The van der Waals surface area contributed by atoms with Crippen molar-refractivity contribution in [3.05, 3.63) is 29.3 Å². The van der Waals surface area contributed by atoms with Gasteiger partial charge in [-0.15, -0.1) is 0 Å². The average molecular weight is 261 g/mol. The summed E-state index contributed by atoms with van der Waals surface area (Å²) in [5.41, 5.74) is 3.58. The normalized spacial score (nSPS) is 15.4. The fraction of sp³-hybridized carbons (Fsp3) is 0.533. The van der Waals surface area contributed by atoms with Crippen molar-refractivity contribution in [2.45, 2.75) is 13.8 Å². The van der Waals surface area contributed by atoms with Crippen LogP contribution in [0.15, 0.2) is 18.2 Å². The van der Waals surface area contributed by atoms with E-state index >= 15 is 0 Å². The van der Waals surface area contributed by atoms with Gasteiger partial charge in [-0.2, -0.15) is 0 Å². The van der Waals surface area contributed by atoms with Gasteiger partial charge in [0.2, 0.25) is 5.91 Å². The predicted molar refractivity (Wildman–Crippen MR) is 78.6 cm³/mol. The Kier molecular flexibility index (Phi) is 4.43. The van der Waals surface area contributed by atoms with Crippen LogP contribution in [0.1, 0.15) is 11.1 Å². The fourth-order valence-electron chi connectivity index (χ4n) is 2.48. The molecule has 0 spiro atoms. The van der Waals surface area contributed by atoms with Crippen molar-refractivity contribution in [2.24, 2.45) is 0 Å². The van der Waals surface area contributed by atoms with E-state index in [2.05, 4.69) is 37.4 Å². The van der Waals surface area contributed by atoms with Gasteiger partial charge in [0.15, 0.2) is 0 Å². The zero-order valence-corrected chi connectivity index (χ0v) is 12.1. The van der Waals surface area contributed by atoms with Gasteiger partial charge in [0.25, 0.3) is 0 Å². The lowest BCUT2D eigenvalue weighted by atomic mass is 10.1. The van der Waals surface area contributed by atoms with E-state index in [-0.39, 0.29) is 5.91 Å². The van der Waals surface area contributed by atoms with E-state index in [0.29, 0.717) is 6.54 Å². The van der Waals surface area contributed by atoms with Crippen molar-refractivity contribution in [3.8, 4) is 0 Å². The molecule has 4 heteroatoms. The SMILES string of the molecule is Cc1cc(C)cc(N(C)CC(=O)N2CCNCC2)c1. The summed E-state index contributed by atoms with van der Waals surface area (Å²) >= 11 is 0. The van der Waals surface area contributed by atoms with Gasteiger partial charge < -0.3 is 15.1 Å². The zero-order chi connectivity index (χ0) is 13.8. The number of hydrogen-bond acceptors (Lipinski definition) is 3. The Labute approximate surface area is 115 Å². The maximum atomic E-state index is 12.2. The Morgan fingerprint density at radius 2 is 1.79 bits per heavy atom. The summed E-state index contributed by atoms with van der Waals surface area (Å²) in [6.07, 6.45) is 0. The second-order valence-electron chi connectivity index (χ2n) is 5.33. The molecule has 1 amide bonds. The maximum absolute atomic E-state index is 12.2. The first kappa shape index (κ1) is 13.9. The van der Waals surface area contributed by atoms with Gasteiger partial charge in [0, 0.05) is 38.9 Å². The number of aryl methyl sites for hydroxylation is 2. The lowest BCUT2D eigenvalue weighted by Crippen LogP contribution is -2.49. The second kappa shape index (κ2) is 6.06. The molecule has 1 saturated heterocycles. The van der Waals surface area contributed by atoms with Crippen molar-refractivity contribution in [3.63, 3.8) is 0 Å². The van der Waals surface area contributed by atoms with Gasteiger partial charge in [0.05, 0.1) is 6.54 Å². The number of benzene rings is 1. The van der Waals surface area contributed by atoms with Crippen molar-refractivity contribution < 1.29 is 4.79 Å². The number of anilines is 1. The number of carbonyl (C=O) groups is 1. The van der Waals surface area contributed by atoms with Crippen LogP contribution >= 0.6 is 0 Å². The van der Waals surface area contributed by atoms with Crippen LogP contribution in [0.25, 0.3) is 0 Å². The third kappa shape index (κ3) is 3.70. The largest absolute Gasteiger partial charge is 0.365 e. The van der Waals surface area contributed by atoms with Crippen LogP contribution in [0, 0.1) is 13.8 Å². The Bertz CT molecular complexity index is 432. The summed E-state index contributed by atoms with van der Waals surface area (Å²) < 4.78 is 0. The highest BCUT2D eigenvalue weighted by atomic mass is 16.2. The van der Waals surface area contributed by atoms with Gasteiger partial charge >= 0.3 is 0 Å². The van der Waals surface area contributed by atoms with E-state index in [1.807, 2.05) is 16.8 Å². The predicted octanol–water partition coefficient (Wildman–Crippen LogP) is 1.17. The molecule has 1 fully saturated rings. The third-order valence-corrected chi connectivity index (χ3v) is 3.49. The minimum atomic E-state index is 0.211. The molecule has 2 rings (SSSR count). The molecule has 4 nitrogen and oxygen atoms in total. The van der Waals surface area contributed by atoms with E-state index in [4.69, 9.17) is 0 Å². The minimum Gasteiger partial charge on any atom is -0.365 e. The first-order chi connectivity index (χ1) is 9.06. The Balaban J connectivity index is 1.99. The number of rotatable bonds is 3. The number of nitrogens with zero attached hydrogens (tertiary/aromatic N) is 2. The Morgan fingerprint density at radius 1 is 1.21 bits per heavy atom. The van der Waals surface area contributed by atoms with Crippen LogP contribution in [0.5, 0.6) is 0 Å². The minimum absolute atomic E-state index is 0.211. The van der Waals surface area contributed by atoms with E-state index in [9.17, 15) is 4.79 Å². The van der Waals surface area contributed by atoms with Gasteiger partial charge in [0.1, 0.15) is 0 Å². The summed E-state index contributed by atoms with van der Waals surface area (Å²) in [5.74, 6) is 0.211. The molecule has 1 aromatic carbocycles. The molecule has 1 aliphatic heterocycles. The summed E-state index contributed by atoms with van der Waals surface area (Å²) in [7, 11) is 1.98. The quantitative estimate of drug-likeness (QED) is 0.887. The van der Waals surface area contributed by atoms with Gasteiger partial charge in [-0.1, -0.05) is 6.07 Å². The summed E-state index contributed by atoms with van der Waals surface area (Å²) in [6.45, 7) is 8.06. The molecular weight excluding hydrogens is 238 g/mol. The van der Waals surface area contributed by atoms with E-state index < -0.39 is 0 Å². The van der Waals surface area contributed by atoms with Crippen LogP contribution in [-0.2, 0) is 4.79 Å². The molecule has 0 aliphatic carbocycles. The second-order valence-corrected chi connectivity index (χ2v) is 5.33. The number of hydrogen-bond donors (Lipinski definition) is 1. The topological polar surface area (TPSA) is 35.6 Å². The number of likely N-dealkylation sites (N-methyl/N-ethyl adjacent to an activating group) is 1. The fourth-order valence-corrected chi connectivity index (χ4v) is 2.48. The molecule has 0 aromatic heterocycles. The highest BCUT2D eigenvalue weighted by Gasteiger charge is 2.17. The van der Waals surface area contributed by atoms with Crippen LogP contribution in [0.4, 0.5) is 5.69 Å². The van der Waals surface area contributed by atoms with E-state index in [1.54, 1.807) is 0 Å². The van der Waals surface area contributed by atoms with Crippen LogP contribution in [-0.4, -0.2) is 50.6 Å². The molecule has 104 valence electrons. The molecule has 1 heterocycles. The summed E-state index contributed by atoms with van der Waals surface area (Å²) in [4.78, 5) is 16.2. The third-order valence-electron chi connectivity index (χ3n) is 3.49. The lowest BCUT2D eigenvalue weighted by molar-refractivity contribution is -0.130. The number of piperazine rings is 1. The van der Waals surface area contributed by atoms with Crippen LogP contribution < -0.4 is 10.2 Å². The molecule has 1 aliphatic rings. The van der Waals surface area contributed by atoms with Crippen molar-refractivity contribution in [1.29, 1.82) is 0 Å². The van der Waals surface area contributed by atoms with E-state index in [1.165, 1.54) is 11.1 Å². The molecule has 0 radical (unpaired) electrons. The smallest absolute Gasteiger partial charge is 0.242 e. The van der Waals surface area contributed by atoms with Crippen LogP contribution in [0.3, 0.4) is 0 Å². The van der Waals surface area contributed by atoms with Gasteiger partial charge in [-0.3, -0.25) is 4.79 Å². The number of carbonyl (C=O) groups excluding carboxylic acids is 1. The first-order valence-corrected chi connectivity index (χ1v) is 6.84. The summed E-state index contributed by atoms with van der Waals surface area (Å²) in [6, 6.07) is 6.39. The standard InChI is InChI=1S/C15H23N3O/c1-12-8-13(2)10-14(9-12)17(3)11-15(19)18-6-4-16-5-7-18/h8-10,16H,4-7,11H2,1-3H3. The first-order valence-electron chi connectivity index (χ1n) is 6.84. The Morgan fingerprint density at radius 3 is 2.37 bits per heavy atom. The monoisotopic (exact) mass is 261 g/mol. The number of nitrogens with one attached hydrogen (secondary N) is 1. The lowest BCUT2D eigenvalue weighted by Gasteiger charge is -2.30. The highest BCUT2D eigenvalue weighted by molar-refractivity contribution is 5.81. The Hall–Kier alpha value is -1.55. The summed E-state index contributed by atoms with van der Waals surface area (Å²) in [5, 5.41) is 3.26. The molecule has 19 heavy (non-hydrogen) atoms. The van der Waals surface area contributed by atoms with Crippen molar-refractivity contribution in [1.82, 2.24) is 10.2 Å². The van der Waals surface area contributed by atoms with Crippen molar-refractivity contribution >= 4 is 11.6 Å². The average Bonchev–Trinajstić information content (AvgIpc) is 2.38. The molecule has 0 atom stereocenters. The van der Waals surface area contributed by atoms with Crippen molar-refractivity contribution in [2.75, 3.05) is 44.7 Å². The molecule has 1 N–H and O–H groups in total. The van der Waals surface area contributed by atoms with Gasteiger partial charge in [-0.25, -0.2) is 0 Å². The molecule has 0 saturated carbocycles. The van der Waals surface area contributed by atoms with E-state index in [0.717, 1.165) is 31.9 Å². The molecular formula is C15H23N3O. The maximum Gasteiger partial charge on any atom is 0.242 e. The molecule has 1 aromatic rings. The van der Waals surface area contributed by atoms with Gasteiger partial charge in [-0.05, 0) is 37.1 Å².